The predicted octanol–water partition coefficient (Wildman–Crippen LogP) is 3.31. The minimum Gasteiger partial charge on any atom is -0.487 e. The van der Waals surface area contributed by atoms with E-state index in [1.165, 1.54) is 47.1 Å². The highest BCUT2D eigenvalue weighted by Crippen LogP contribution is 2.21. The number of hydrogen-bond donors (Lipinski definition) is 3. The minimum absolute atomic E-state index is 0.00636. The van der Waals surface area contributed by atoms with Crippen molar-refractivity contribution < 1.29 is 37.0 Å². The van der Waals surface area contributed by atoms with Crippen molar-refractivity contribution in [3.63, 3.8) is 0 Å². The summed E-state index contributed by atoms with van der Waals surface area (Å²) in [4.78, 5) is 25.1. The van der Waals surface area contributed by atoms with Gasteiger partial charge >= 0.3 is 6.18 Å². The molecule has 0 atom stereocenters. The smallest absolute Gasteiger partial charge is 0.405 e. The lowest BCUT2D eigenvalue weighted by Crippen LogP contribution is -2.39. The van der Waals surface area contributed by atoms with Gasteiger partial charge in [-0.05, 0) is 62.1 Å². The number of rotatable bonds is 8. The summed E-state index contributed by atoms with van der Waals surface area (Å²) in [6.07, 6.45) is -2.59. The van der Waals surface area contributed by atoms with E-state index in [0.717, 1.165) is 0 Å². The van der Waals surface area contributed by atoms with E-state index in [1.807, 2.05) is 0 Å². The average Bonchev–Trinajstić information content (AvgIpc) is 3.31. The number of carbonyl (C=O) groups is 2. The molecule has 4 rings (SSSR count). The van der Waals surface area contributed by atoms with Crippen molar-refractivity contribution in [3.05, 3.63) is 71.3 Å². The van der Waals surface area contributed by atoms with Crippen molar-refractivity contribution in [2.24, 2.45) is 0 Å². The zero-order chi connectivity index (χ0) is 27.3. The van der Waals surface area contributed by atoms with Gasteiger partial charge in [0.25, 0.3) is 11.8 Å². The molecule has 3 N–H and O–H groups in total. The van der Waals surface area contributed by atoms with E-state index in [0.29, 0.717) is 31.4 Å². The van der Waals surface area contributed by atoms with Crippen molar-refractivity contribution >= 4 is 11.8 Å². The molecule has 2 amide bonds. The summed E-state index contributed by atoms with van der Waals surface area (Å²) >= 11 is 0. The van der Waals surface area contributed by atoms with E-state index in [-0.39, 0.29) is 35.3 Å². The molecule has 0 saturated heterocycles. The Balaban J connectivity index is 1.56. The molecular formula is C25H25F4N5O4. The number of amides is 2. The van der Waals surface area contributed by atoms with E-state index in [1.54, 1.807) is 11.4 Å². The Morgan fingerprint density at radius 1 is 1.05 bits per heavy atom. The van der Waals surface area contributed by atoms with Crippen LogP contribution in [0.4, 0.5) is 17.6 Å². The number of benzene rings is 2. The van der Waals surface area contributed by atoms with Gasteiger partial charge in [0.15, 0.2) is 5.69 Å². The van der Waals surface area contributed by atoms with Gasteiger partial charge in [-0.3, -0.25) is 9.59 Å². The molecule has 0 radical (unpaired) electrons. The standard InChI is InChI=1S/C25H25F4N5O4/c26-16-2-1-3-20(12-16)38-13-21-22(24(37)31-17-6-10-19(35)11-7-17)32-33-34(21)18-8-4-15(5-9-18)23(36)30-14-25(27,28)29/h1-5,8-9,12,17,19,35H,6-7,10-11,13-14H2,(H,30,36)(H,31,37). The Labute approximate surface area is 214 Å². The van der Waals surface area contributed by atoms with E-state index < -0.39 is 36.5 Å². The van der Waals surface area contributed by atoms with Crippen molar-refractivity contribution in [3.8, 4) is 11.4 Å². The molecule has 13 heteroatoms. The highest BCUT2D eigenvalue weighted by molar-refractivity contribution is 5.94. The molecular weight excluding hydrogens is 510 g/mol. The molecule has 1 fully saturated rings. The number of aliphatic hydroxyl groups excluding tert-OH is 1. The van der Waals surface area contributed by atoms with Gasteiger partial charge < -0.3 is 20.5 Å². The Kier molecular flexibility index (Phi) is 8.25. The second-order valence-corrected chi connectivity index (χ2v) is 8.87. The maximum Gasteiger partial charge on any atom is 0.405 e. The van der Waals surface area contributed by atoms with Gasteiger partial charge in [0, 0.05) is 17.7 Å². The first-order chi connectivity index (χ1) is 18.1. The van der Waals surface area contributed by atoms with Gasteiger partial charge in [-0.1, -0.05) is 11.3 Å². The fourth-order valence-corrected chi connectivity index (χ4v) is 4.03. The fourth-order valence-electron chi connectivity index (χ4n) is 4.03. The largest absolute Gasteiger partial charge is 0.487 e. The molecule has 0 unspecified atom stereocenters. The van der Waals surface area contributed by atoms with Crippen LogP contribution in [0, 0.1) is 5.82 Å². The van der Waals surface area contributed by atoms with Crippen LogP contribution in [0.5, 0.6) is 5.75 Å². The van der Waals surface area contributed by atoms with Crippen molar-refractivity contribution in [2.45, 2.75) is 50.6 Å². The van der Waals surface area contributed by atoms with Crippen LogP contribution in [-0.2, 0) is 6.61 Å². The zero-order valence-electron chi connectivity index (χ0n) is 20.0. The lowest BCUT2D eigenvalue weighted by molar-refractivity contribution is -0.123. The SMILES string of the molecule is O=C(NCC(F)(F)F)c1ccc(-n2nnc(C(=O)NC3CCC(O)CC3)c2COc2cccc(F)c2)cc1. The number of carbonyl (C=O) groups excluding carboxylic acids is 2. The van der Waals surface area contributed by atoms with E-state index in [2.05, 4.69) is 15.6 Å². The van der Waals surface area contributed by atoms with Crippen LogP contribution in [0.2, 0.25) is 0 Å². The lowest BCUT2D eigenvalue weighted by atomic mass is 9.93. The Morgan fingerprint density at radius 2 is 1.76 bits per heavy atom. The molecule has 0 spiro atoms. The van der Waals surface area contributed by atoms with Gasteiger partial charge in [0.2, 0.25) is 0 Å². The first-order valence-electron chi connectivity index (χ1n) is 11.9. The molecule has 202 valence electrons. The number of nitrogens with zero attached hydrogens (tertiary/aromatic N) is 3. The van der Waals surface area contributed by atoms with E-state index in [4.69, 9.17) is 4.74 Å². The highest BCUT2D eigenvalue weighted by atomic mass is 19.4. The molecule has 1 aliphatic rings. The molecule has 1 heterocycles. The topological polar surface area (TPSA) is 118 Å². The van der Waals surface area contributed by atoms with Gasteiger partial charge in [0.1, 0.15) is 30.4 Å². The Bertz CT molecular complexity index is 1270. The van der Waals surface area contributed by atoms with Crippen LogP contribution in [0.25, 0.3) is 5.69 Å². The van der Waals surface area contributed by atoms with Crippen molar-refractivity contribution in [1.29, 1.82) is 0 Å². The molecule has 1 saturated carbocycles. The first kappa shape index (κ1) is 27.0. The van der Waals surface area contributed by atoms with E-state index in [9.17, 15) is 32.3 Å². The first-order valence-corrected chi connectivity index (χ1v) is 11.9. The quantitative estimate of drug-likeness (QED) is 0.381. The van der Waals surface area contributed by atoms with Crippen molar-refractivity contribution in [2.75, 3.05) is 6.54 Å². The Hall–Kier alpha value is -4.00. The maximum absolute atomic E-state index is 13.6. The monoisotopic (exact) mass is 535 g/mol. The molecule has 9 nitrogen and oxygen atoms in total. The molecule has 0 aliphatic heterocycles. The third-order valence-electron chi connectivity index (χ3n) is 6.01. The van der Waals surface area contributed by atoms with Gasteiger partial charge in [-0.2, -0.15) is 13.2 Å². The molecule has 1 aromatic heterocycles. The van der Waals surface area contributed by atoms with Gasteiger partial charge in [-0.15, -0.1) is 5.10 Å². The minimum atomic E-state index is -4.54. The van der Waals surface area contributed by atoms with Crippen molar-refractivity contribution in [1.82, 2.24) is 25.6 Å². The summed E-state index contributed by atoms with van der Waals surface area (Å²) in [5.41, 5.74) is 0.562. The maximum atomic E-state index is 13.6. The fraction of sp³-hybridized carbons (Fsp3) is 0.360. The molecule has 1 aliphatic carbocycles. The summed E-state index contributed by atoms with van der Waals surface area (Å²) in [6, 6.07) is 10.8. The van der Waals surface area contributed by atoms with Gasteiger partial charge in [-0.25, -0.2) is 9.07 Å². The predicted molar refractivity (Wildman–Crippen MR) is 126 cm³/mol. The van der Waals surface area contributed by atoms with Crippen LogP contribution < -0.4 is 15.4 Å². The number of hydrogen-bond acceptors (Lipinski definition) is 6. The molecule has 2 aromatic carbocycles. The summed E-state index contributed by atoms with van der Waals surface area (Å²) in [7, 11) is 0. The normalized spacial score (nSPS) is 17.6. The van der Waals surface area contributed by atoms with Gasteiger partial charge in [0.05, 0.1) is 11.8 Å². The summed E-state index contributed by atoms with van der Waals surface area (Å²) in [5, 5.41) is 22.5. The van der Waals surface area contributed by atoms with E-state index >= 15 is 0 Å². The third-order valence-corrected chi connectivity index (χ3v) is 6.01. The second kappa shape index (κ2) is 11.6. The molecule has 3 aromatic rings. The highest BCUT2D eigenvalue weighted by Gasteiger charge is 2.28. The van der Waals surface area contributed by atoms with Crippen LogP contribution in [0.15, 0.2) is 48.5 Å². The molecule has 0 bridgehead atoms. The third kappa shape index (κ3) is 7.06. The second-order valence-electron chi connectivity index (χ2n) is 8.87. The summed E-state index contributed by atoms with van der Waals surface area (Å²) < 4.78 is 57.8. The summed E-state index contributed by atoms with van der Waals surface area (Å²) in [5.74, 6) is -1.70. The number of aromatic nitrogens is 3. The number of ether oxygens (including phenoxy) is 1. The van der Waals surface area contributed by atoms with Crippen LogP contribution >= 0.6 is 0 Å². The van der Waals surface area contributed by atoms with Crippen LogP contribution in [-0.4, -0.2) is 56.8 Å². The zero-order valence-corrected chi connectivity index (χ0v) is 20.0. The number of halogens is 4. The average molecular weight is 535 g/mol. The number of alkyl halides is 3. The summed E-state index contributed by atoms with van der Waals surface area (Å²) in [6.45, 7) is -1.67. The Morgan fingerprint density at radius 3 is 2.42 bits per heavy atom. The van der Waals surface area contributed by atoms with Crippen LogP contribution in [0.3, 0.4) is 0 Å². The number of aliphatic hydroxyl groups is 1. The lowest BCUT2D eigenvalue weighted by Gasteiger charge is -2.25. The molecule has 38 heavy (non-hydrogen) atoms. The number of nitrogens with one attached hydrogen (secondary N) is 2. The van der Waals surface area contributed by atoms with Crippen LogP contribution in [0.1, 0.15) is 52.2 Å².